The van der Waals surface area contributed by atoms with Crippen molar-refractivity contribution in [3.8, 4) is 0 Å². The highest BCUT2D eigenvalue weighted by molar-refractivity contribution is 7.89. The summed E-state index contributed by atoms with van der Waals surface area (Å²) in [7, 11) is -0.843. The molecule has 0 heterocycles. The molecule has 0 aromatic heterocycles. The number of ether oxygens (including phenoxy) is 1. The molecule has 1 aromatic carbocycles. The van der Waals surface area contributed by atoms with E-state index < -0.39 is 28.0 Å². The second-order valence-electron chi connectivity index (χ2n) is 5.21. The number of amides is 1. The SMILES string of the molecule is CCNC(=O)[C@H](C)OC(=O)c1cc(S(=O)(=O)N(C)C)ccc1C. The number of sulfonamides is 1. The van der Waals surface area contributed by atoms with Crippen LogP contribution in [-0.2, 0) is 19.6 Å². The van der Waals surface area contributed by atoms with E-state index in [1.54, 1.807) is 13.8 Å². The molecule has 1 amide bonds. The van der Waals surface area contributed by atoms with E-state index in [0.717, 1.165) is 4.31 Å². The van der Waals surface area contributed by atoms with Gasteiger partial charge in [-0.15, -0.1) is 0 Å². The van der Waals surface area contributed by atoms with Gasteiger partial charge in [-0.05, 0) is 38.5 Å². The summed E-state index contributed by atoms with van der Waals surface area (Å²) in [5.41, 5.74) is 0.680. The Balaban J connectivity index is 3.09. The van der Waals surface area contributed by atoms with Crippen LogP contribution in [0.3, 0.4) is 0 Å². The van der Waals surface area contributed by atoms with Crippen LogP contribution in [0.4, 0.5) is 0 Å². The quantitative estimate of drug-likeness (QED) is 0.776. The molecule has 1 N–H and O–H groups in total. The van der Waals surface area contributed by atoms with Gasteiger partial charge in [0.2, 0.25) is 10.0 Å². The van der Waals surface area contributed by atoms with Gasteiger partial charge in [-0.1, -0.05) is 6.07 Å². The number of hydrogen-bond acceptors (Lipinski definition) is 5. The molecule has 0 unspecified atom stereocenters. The lowest BCUT2D eigenvalue weighted by Crippen LogP contribution is -2.35. The number of likely N-dealkylation sites (N-methyl/N-ethyl adjacent to an activating group) is 1. The average molecular weight is 342 g/mol. The summed E-state index contributed by atoms with van der Waals surface area (Å²) in [6, 6.07) is 4.22. The van der Waals surface area contributed by atoms with Crippen LogP contribution in [0.25, 0.3) is 0 Å². The Hall–Kier alpha value is -1.93. The summed E-state index contributed by atoms with van der Waals surface area (Å²) in [6.07, 6.45) is -0.962. The highest BCUT2D eigenvalue weighted by Gasteiger charge is 2.23. The van der Waals surface area contributed by atoms with Gasteiger partial charge in [0.05, 0.1) is 10.5 Å². The minimum Gasteiger partial charge on any atom is -0.449 e. The molecule has 0 aliphatic rings. The zero-order chi connectivity index (χ0) is 17.8. The molecule has 0 aliphatic heterocycles. The minimum absolute atomic E-state index is 0.00860. The van der Waals surface area contributed by atoms with Crippen LogP contribution < -0.4 is 5.32 Å². The molecular formula is C15H22N2O5S. The van der Waals surface area contributed by atoms with Gasteiger partial charge in [-0.25, -0.2) is 17.5 Å². The van der Waals surface area contributed by atoms with Crippen molar-refractivity contribution in [1.82, 2.24) is 9.62 Å². The average Bonchev–Trinajstić information content (AvgIpc) is 2.47. The third-order valence-corrected chi connectivity index (χ3v) is 5.02. The number of esters is 1. The van der Waals surface area contributed by atoms with Crippen LogP contribution in [-0.4, -0.2) is 51.3 Å². The van der Waals surface area contributed by atoms with E-state index in [2.05, 4.69) is 5.32 Å². The second kappa shape index (κ2) is 7.56. The molecular weight excluding hydrogens is 320 g/mol. The third-order valence-electron chi connectivity index (χ3n) is 3.21. The van der Waals surface area contributed by atoms with Crippen molar-refractivity contribution >= 4 is 21.9 Å². The monoisotopic (exact) mass is 342 g/mol. The Morgan fingerprint density at radius 2 is 1.91 bits per heavy atom. The topological polar surface area (TPSA) is 92.8 Å². The summed E-state index contributed by atoms with van der Waals surface area (Å²) < 4.78 is 30.4. The number of hydrogen-bond donors (Lipinski definition) is 1. The number of carbonyl (C=O) groups excluding carboxylic acids is 2. The van der Waals surface area contributed by atoms with E-state index in [1.807, 2.05) is 0 Å². The third kappa shape index (κ3) is 4.52. The predicted octanol–water partition coefficient (Wildman–Crippen LogP) is 0.927. The van der Waals surface area contributed by atoms with Gasteiger partial charge in [0.1, 0.15) is 0 Å². The summed E-state index contributed by atoms with van der Waals surface area (Å²) in [5, 5.41) is 2.55. The second-order valence-corrected chi connectivity index (χ2v) is 7.36. The molecule has 128 valence electrons. The van der Waals surface area contributed by atoms with Crippen LogP contribution in [0.2, 0.25) is 0 Å². The lowest BCUT2D eigenvalue weighted by atomic mass is 10.1. The van der Waals surface area contributed by atoms with Gasteiger partial charge >= 0.3 is 5.97 Å². The Morgan fingerprint density at radius 1 is 1.30 bits per heavy atom. The molecule has 0 saturated heterocycles. The molecule has 0 saturated carbocycles. The first-order chi connectivity index (χ1) is 10.6. The molecule has 0 fully saturated rings. The molecule has 23 heavy (non-hydrogen) atoms. The standard InChI is InChI=1S/C15H22N2O5S/c1-6-16-14(18)11(3)22-15(19)13-9-12(8-7-10(13)2)23(20,21)17(4)5/h7-9,11H,6H2,1-5H3,(H,16,18)/t11-/m0/s1. The molecule has 8 heteroatoms. The first kappa shape index (κ1) is 19.1. The number of nitrogens with one attached hydrogen (secondary N) is 1. The zero-order valence-electron chi connectivity index (χ0n) is 13.9. The van der Waals surface area contributed by atoms with Crippen LogP contribution in [0, 0.1) is 6.92 Å². The lowest BCUT2D eigenvalue weighted by Gasteiger charge is -2.15. The summed E-state index contributed by atoms with van der Waals surface area (Å²) in [4.78, 5) is 23.8. The van der Waals surface area contributed by atoms with E-state index in [0.29, 0.717) is 12.1 Å². The number of nitrogens with zero attached hydrogens (tertiary/aromatic N) is 1. The molecule has 0 spiro atoms. The summed E-state index contributed by atoms with van der Waals surface area (Å²) in [5.74, 6) is -1.15. The zero-order valence-corrected chi connectivity index (χ0v) is 14.7. The molecule has 0 radical (unpaired) electrons. The van der Waals surface area contributed by atoms with Crippen molar-refractivity contribution in [3.05, 3.63) is 29.3 Å². The fourth-order valence-electron chi connectivity index (χ4n) is 1.79. The van der Waals surface area contributed by atoms with Gasteiger partial charge in [-0.3, -0.25) is 4.79 Å². The van der Waals surface area contributed by atoms with E-state index in [4.69, 9.17) is 4.74 Å². The lowest BCUT2D eigenvalue weighted by molar-refractivity contribution is -0.128. The highest BCUT2D eigenvalue weighted by atomic mass is 32.2. The minimum atomic E-state index is -3.66. The Kier molecular flexibility index (Phi) is 6.28. The van der Waals surface area contributed by atoms with Crippen LogP contribution in [0.5, 0.6) is 0 Å². The van der Waals surface area contributed by atoms with Gasteiger partial charge in [0.15, 0.2) is 6.10 Å². The Bertz CT molecular complexity index is 698. The molecule has 7 nitrogen and oxygen atoms in total. The van der Waals surface area contributed by atoms with Gasteiger partial charge in [-0.2, -0.15) is 0 Å². The maximum atomic E-state index is 12.2. The fourth-order valence-corrected chi connectivity index (χ4v) is 2.72. The van der Waals surface area contributed by atoms with Crippen molar-refractivity contribution < 1.29 is 22.7 Å². The smallest absolute Gasteiger partial charge is 0.339 e. The van der Waals surface area contributed by atoms with Crippen molar-refractivity contribution in [2.45, 2.75) is 31.8 Å². The molecule has 1 rings (SSSR count). The van der Waals surface area contributed by atoms with Crippen molar-refractivity contribution in [3.63, 3.8) is 0 Å². The van der Waals surface area contributed by atoms with Gasteiger partial charge in [0.25, 0.3) is 5.91 Å². The first-order valence-electron chi connectivity index (χ1n) is 7.13. The van der Waals surface area contributed by atoms with E-state index in [1.165, 1.54) is 39.2 Å². The predicted molar refractivity (Wildman–Crippen MR) is 85.6 cm³/mol. The fraction of sp³-hybridized carbons (Fsp3) is 0.467. The normalized spacial score (nSPS) is 12.8. The largest absolute Gasteiger partial charge is 0.449 e. The highest BCUT2D eigenvalue weighted by Crippen LogP contribution is 2.19. The molecule has 0 aliphatic carbocycles. The van der Waals surface area contributed by atoms with Crippen molar-refractivity contribution in [2.75, 3.05) is 20.6 Å². The summed E-state index contributed by atoms with van der Waals surface area (Å²) >= 11 is 0. The van der Waals surface area contributed by atoms with Gasteiger partial charge in [0, 0.05) is 20.6 Å². The van der Waals surface area contributed by atoms with E-state index in [9.17, 15) is 18.0 Å². The Labute approximate surface area is 136 Å². The number of carbonyl (C=O) groups is 2. The van der Waals surface area contributed by atoms with Crippen molar-refractivity contribution in [1.29, 1.82) is 0 Å². The molecule has 1 aromatic rings. The number of rotatable bonds is 6. The van der Waals surface area contributed by atoms with Gasteiger partial charge < -0.3 is 10.1 Å². The summed E-state index contributed by atoms with van der Waals surface area (Å²) in [6.45, 7) is 5.31. The molecule has 1 atom stereocenters. The van der Waals surface area contributed by atoms with E-state index >= 15 is 0 Å². The maximum absolute atomic E-state index is 12.2. The maximum Gasteiger partial charge on any atom is 0.339 e. The first-order valence-corrected chi connectivity index (χ1v) is 8.57. The number of benzene rings is 1. The van der Waals surface area contributed by atoms with E-state index in [-0.39, 0.29) is 10.5 Å². The Morgan fingerprint density at radius 3 is 2.43 bits per heavy atom. The molecule has 0 bridgehead atoms. The van der Waals surface area contributed by atoms with Crippen LogP contribution >= 0.6 is 0 Å². The van der Waals surface area contributed by atoms with Crippen LogP contribution in [0.1, 0.15) is 29.8 Å². The van der Waals surface area contributed by atoms with Crippen molar-refractivity contribution in [2.24, 2.45) is 0 Å². The number of aryl methyl sites for hydroxylation is 1. The van der Waals surface area contributed by atoms with Crippen LogP contribution in [0.15, 0.2) is 23.1 Å².